The molecular weight excluding hydrogens is 321 g/mol. The van der Waals surface area contributed by atoms with Gasteiger partial charge in [0.15, 0.2) is 0 Å². The Balaban J connectivity index is 2.14. The number of esters is 1. The van der Waals surface area contributed by atoms with Gasteiger partial charge in [-0.1, -0.05) is 24.3 Å². The molecule has 0 saturated carbocycles. The van der Waals surface area contributed by atoms with Crippen molar-refractivity contribution < 1.29 is 18.7 Å². The topological polar surface area (TPSA) is 46.6 Å². The first-order chi connectivity index (χ1) is 12.1. The fraction of sp³-hybridized carbons (Fsp3) is 0.300. The highest BCUT2D eigenvalue weighted by atomic mass is 19.1. The molecule has 2 aromatic rings. The van der Waals surface area contributed by atoms with Crippen LogP contribution < -0.4 is 4.90 Å². The zero-order valence-corrected chi connectivity index (χ0v) is 14.5. The Morgan fingerprint density at radius 3 is 2.36 bits per heavy atom. The number of amides is 1. The number of benzene rings is 2. The van der Waals surface area contributed by atoms with Crippen molar-refractivity contribution in [2.45, 2.75) is 26.7 Å². The third-order valence-electron chi connectivity index (χ3n) is 3.85. The van der Waals surface area contributed by atoms with Crippen LogP contribution in [0.1, 0.15) is 36.2 Å². The van der Waals surface area contributed by atoms with Crippen molar-refractivity contribution in [3.63, 3.8) is 0 Å². The van der Waals surface area contributed by atoms with E-state index >= 15 is 0 Å². The Hall–Kier alpha value is -2.69. The fourth-order valence-corrected chi connectivity index (χ4v) is 2.61. The van der Waals surface area contributed by atoms with E-state index in [1.807, 2.05) is 6.92 Å². The molecule has 0 heterocycles. The molecule has 0 aliphatic carbocycles. The number of hydrogen-bond donors (Lipinski definition) is 0. The monoisotopic (exact) mass is 343 g/mol. The Kier molecular flexibility index (Phi) is 6.69. The van der Waals surface area contributed by atoms with Crippen LogP contribution in [0.2, 0.25) is 0 Å². The van der Waals surface area contributed by atoms with Gasteiger partial charge in [0.05, 0.1) is 17.9 Å². The van der Waals surface area contributed by atoms with E-state index < -0.39 is 5.97 Å². The van der Waals surface area contributed by atoms with Crippen LogP contribution in [0.3, 0.4) is 0 Å². The molecule has 0 saturated heterocycles. The lowest BCUT2D eigenvalue weighted by molar-refractivity contribution is -0.118. The lowest BCUT2D eigenvalue weighted by Crippen LogP contribution is -2.32. The van der Waals surface area contributed by atoms with Crippen LogP contribution in [0, 0.1) is 5.82 Å². The van der Waals surface area contributed by atoms with Gasteiger partial charge in [0, 0.05) is 13.0 Å². The molecule has 0 aromatic heterocycles. The van der Waals surface area contributed by atoms with Crippen LogP contribution in [-0.2, 0) is 16.0 Å². The predicted octanol–water partition coefficient (Wildman–Crippen LogP) is 3.99. The van der Waals surface area contributed by atoms with E-state index in [-0.39, 0.29) is 24.8 Å². The summed E-state index contributed by atoms with van der Waals surface area (Å²) < 4.78 is 18.0. The second-order valence-corrected chi connectivity index (χ2v) is 5.50. The molecule has 0 bridgehead atoms. The number of carbonyl (C=O) groups is 2. The molecule has 4 nitrogen and oxygen atoms in total. The average molecular weight is 343 g/mol. The Bertz CT molecular complexity index is 728. The summed E-state index contributed by atoms with van der Waals surface area (Å²) in [7, 11) is 0. The maximum atomic E-state index is 13.0. The van der Waals surface area contributed by atoms with E-state index in [4.69, 9.17) is 4.74 Å². The Morgan fingerprint density at radius 2 is 1.72 bits per heavy atom. The summed E-state index contributed by atoms with van der Waals surface area (Å²) in [5.74, 6) is -0.833. The van der Waals surface area contributed by atoms with Gasteiger partial charge in [-0.15, -0.1) is 0 Å². The maximum Gasteiger partial charge on any atom is 0.340 e. The molecule has 0 aliphatic rings. The summed E-state index contributed by atoms with van der Waals surface area (Å²) in [6.07, 6.45) is 0.786. The smallest absolute Gasteiger partial charge is 0.340 e. The zero-order valence-electron chi connectivity index (χ0n) is 14.5. The van der Waals surface area contributed by atoms with Crippen molar-refractivity contribution >= 4 is 17.6 Å². The van der Waals surface area contributed by atoms with Crippen molar-refractivity contribution in [3.05, 3.63) is 65.5 Å². The number of nitrogens with zero attached hydrogens (tertiary/aromatic N) is 1. The van der Waals surface area contributed by atoms with Gasteiger partial charge in [0.25, 0.3) is 0 Å². The van der Waals surface area contributed by atoms with E-state index in [1.54, 1.807) is 48.2 Å². The minimum atomic E-state index is -0.442. The van der Waals surface area contributed by atoms with Gasteiger partial charge in [-0.3, -0.25) is 4.79 Å². The summed E-state index contributed by atoms with van der Waals surface area (Å²) in [4.78, 5) is 26.4. The lowest BCUT2D eigenvalue weighted by atomic mass is 10.1. The summed E-state index contributed by atoms with van der Waals surface area (Å²) in [5.41, 5.74) is 1.82. The first-order valence-electron chi connectivity index (χ1n) is 8.37. The zero-order chi connectivity index (χ0) is 18.2. The molecule has 1 amide bonds. The van der Waals surface area contributed by atoms with E-state index in [1.165, 1.54) is 12.1 Å². The number of halogens is 1. The van der Waals surface area contributed by atoms with Crippen molar-refractivity contribution in [1.82, 2.24) is 0 Å². The first-order valence-corrected chi connectivity index (χ1v) is 8.37. The fourth-order valence-electron chi connectivity index (χ4n) is 2.61. The maximum absolute atomic E-state index is 13.0. The molecule has 2 rings (SSSR count). The highest BCUT2D eigenvalue weighted by Gasteiger charge is 2.20. The number of rotatable bonds is 7. The summed E-state index contributed by atoms with van der Waals surface area (Å²) in [5, 5.41) is 0. The molecule has 0 aliphatic heterocycles. The number of ether oxygens (including phenoxy) is 1. The van der Waals surface area contributed by atoms with Crippen LogP contribution in [0.4, 0.5) is 10.1 Å². The van der Waals surface area contributed by atoms with Crippen LogP contribution in [-0.4, -0.2) is 25.0 Å². The minimum absolute atomic E-state index is 0.0939. The molecule has 25 heavy (non-hydrogen) atoms. The van der Waals surface area contributed by atoms with Gasteiger partial charge in [-0.05, 0) is 50.1 Å². The largest absolute Gasteiger partial charge is 0.462 e. The SMILES string of the molecule is CCOC(=O)c1ccccc1N(CC)C(=O)CCc1ccc(F)cc1. The summed E-state index contributed by atoms with van der Waals surface area (Å²) >= 11 is 0. The van der Waals surface area contributed by atoms with Crippen molar-refractivity contribution in [2.75, 3.05) is 18.1 Å². The second-order valence-electron chi connectivity index (χ2n) is 5.50. The third kappa shape index (κ3) is 4.89. The van der Waals surface area contributed by atoms with E-state index in [2.05, 4.69) is 0 Å². The number of aryl methyl sites for hydroxylation is 1. The lowest BCUT2D eigenvalue weighted by Gasteiger charge is -2.23. The van der Waals surface area contributed by atoms with Crippen LogP contribution >= 0.6 is 0 Å². The standard InChI is InChI=1S/C20H22FNO3/c1-3-22(18-8-6-5-7-17(18)20(24)25-4-2)19(23)14-11-15-9-12-16(21)13-10-15/h5-10,12-13H,3-4,11,14H2,1-2H3. The molecule has 0 radical (unpaired) electrons. The van der Waals surface area contributed by atoms with Crippen LogP contribution in [0.15, 0.2) is 48.5 Å². The highest BCUT2D eigenvalue weighted by Crippen LogP contribution is 2.22. The summed E-state index contributed by atoms with van der Waals surface area (Å²) in [6, 6.07) is 13.0. The highest BCUT2D eigenvalue weighted by molar-refractivity contribution is 6.02. The second kappa shape index (κ2) is 8.97. The van der Waals surface area contributed by atoms with Crippen molar-refractivity contribution in [2.24, 2.45) is 0 Å². The minimum Gasteiger partial charge on any atom is -0.462 e. The Morgan fingerprint density at radius 1 is 1.04 bits per heavy atom. The van der Waals surface area contributed by atoms with Gasteiger partial charge in [-0.2, -0.15) is 0 Å². The first kappa shape index (κ1) is 18.6. The molecule has 132 valence electrons. The number of para-hydroxylation sites is 1. The molecule has 0 atom stereocenters. The predicted molar refractivity (Wildman–Crippen MR) is 95.1 cm³/mol. The molecule has 0 spiro atoms. The van der Waals surface area contributed by atoms with Gasteiger partial charge in [0.2, 0.25) is 5.91 Å². The number of hydrogen-bond acceptors (Lipinski definition) is 3. The van der Waals surface area contributed by atoms with Crippen LogP contribution in [0.5, 0.6) is 0 Å². The molecule has 0 unspecified atom stereocenters. The van der Waals surface area contributed by atoms with Crippen molar-refractivity contribution in [3.8, 4) is 0 Å². The molecule has 0 fully saturated rings. The normalized spacial score (nSPS) is 10.4. The van der Waals surface area contributed by atoms with Crippen LogP contribution in [0.25, 0.3) is 0 Å². The van der Waals surface area contributed by atoms with Gasteiger partial charge < -0.3 is 9.64 Å². The quantitative estimate of drug-likeness (QED) is 0.714. The summed E-state index contributed by atoms with van der Waals surface area (Å²) in [6.45, 7) is 4.32. The Labute approximate surface area is 147 Å². The van der Waals surface area contributed by atoms with E-state index in [0.29, 0.717) is 24.2 Å². The molecular formula is C20H22FNO3. The molecule has 2 aromatic carbocycles. The number of carbonyl (C=O) groups excluding carboxylic acids is 2. The van der Waals surface area contributed by atoms with Gasteiger partial charge in [-0.25, -0.2) is 9.18 Å². The van der Waals surface area contributed by atoms with Crippen molar-refractivity contribution in [1.29, 1.82) is 0 Å². The van der Waals surface area contributed by atoms with E-state index in [0.717, 1.165) is 5.56 Å². The molecule has 5 heteroatoms. The van der Waals surface area contributed by atoms with E-state index in [9.17, 15) is 14.0 Å². The third-order valence-corrected chi connectivity index (χ3v) is 3.85. The average Bonchev–Trinajstić information content (AvgIpc) is 2.62. The van der Waals surface area contributed by atoms with Gasteiger partial charge in [0.1, 0.15) is 5.82 Å². The molecule has 0 N–H and O–H groups in total. The van der Waals surface area contributed by atoms with Gasteiger partial charge >= 0.3 is 5.97 Å². The number of anilines is 1.